The van der Waals surface area contributed by atoms with Gasteiger partial charge >= 0.3 is 9.50 Å². The fraction of sp³-hybridized carbons (Fsp3) is 0. The normalized spacial score (nSPS) is 11.0. The van der Waals surface area contributed by atoms with Crippen LogP contribution in [0.1, 0.15) is 0 Å². The van der Waals surface area contributed by atoms with E-state index in [0.29, 0.717) is 0 Å². The molecule has 1 unspecified atom stereocenters. The minimum atomic E-state index is -2.06. The predicted octanol–water partition coefficient (Wildman–Crippen LogP) is -1.27. The molecule has 0 bridgehead atoms. The summed E-state index contributed by atoms with van der Waals surface area (Å²) in [4.78, 5) is 16.5. The maximum atomic E-state index is 9.06. The van der Waals surface area contributed by atoms with Gasteiger partial charge in [-0.3, -0.25) is 0 Å². The van der Waals surface area contributed by atoms with Crippen molar-refractivity contribution < 1.29 is 9.79 Å². The van der Waals surface area contributed by atoms with Gasteiger partial charge in [-0.15, -0.1) is 0 Å². The van der Waals surface area contributed by atoms with Crippen LogP contribution in [0.15, 0.2) is 0 Å². The van der Waals surface area contributed by atoms with Gasteiger partial charge in [-0.1, -0.05) is 0 Å². The maximum absolute atomic E-state index is 9.06. The Balaban J connectivity index is 2.80. The Morgan fingerprint density at radius 3 is 2.00 bits per heavy atom. The standard InChI is InChI=1S/HO2PSi/c1-3(2)4/h(H,1,2). The number of rotatable bonds is 0. The minimum Gasteiger partial charge on any atom is -0.617 e. The molecular weight excluding hydrogens is 91.1 g/mol. The molecule has 2 nitrogen and oxygen atoms in total. The number of hydrogen-bond acceptors (Lipinski definition) is 2. The van der Waals surface area contributed by atoms with Crippen LogP contribution in [-0.2, 0) is 0 Å². The summed E-state index contributed by atoms with van der Waals surface area (Å²) in [5.41, 5.74) is 0. The molecule has 4 heteroatoms. The summed E-state index contributed by atoms with van der Waals surface area (Å²) in [5.74, 6) is 0. The topological polar surface area (TPSA) is 43.3 Å². The van der Waals surface area contributed by atoms with Crippen LogP contribution < -0.4 is 4.89 Å². The van der Waals surface area contributed by atoms with Crippen LogP contribution in [-0.4, -0.2) is 14.4 Å². The second-order valence-corrected chi connectivity index (χ2v) is 1.97. The van der Waals surface area contributed by atoms with Crippen LogP contribution in [0.2, 0.25) is 0 Å². The molecule has 0 fully saturated rings. The smallest absolute Gasteiger partial charge is 0.401 e. The zero-order valence-electron chi connectivity index (χ0n) is 1.80. The quantitative estimate of drug-likeness (QED) is 0.299. The highest BCUT2D eigenvalue weighted by Crippen LogP contribution is 1.87. The second kappa shape index (κ2) is 1.73. The predicted molar refractivity (Wildman–Crippen MR) is 14.9 cm³/mol. The average molecular weight is 92.1 g/mol. The van der Waals surface area contributed by atoms with E-state index in [4.69, 9.17) is 9.79 Å². The Bertz CT molecular complexity index is 29.0. The van der Waals surface area contributed by atoms with E-state index in [9.17, 15) is 0 Å². The lowest BCUT2D eigenvalue weighted by Gasteiger charge is -1.69. The molecule has 1 atom stereocenters. The lowest BCUT2D eigenvalue weighted by atomic mass is 15.9. The lowest BCUT2D eigenvalue weighted by molar-refractivity contribution is -0.167. The Hall–Kier alpha value is 0.437. The van der Waals surface area contributed by atoms with Gasteiger partial charge in [-0.05, 0) is 0 Å². The van der Waals surface area contributed by atoms with Crippen LogP contribution in [0, 0.1) is 0 Å². The highest BCUT2D eigenvalue weighted by molar-refractivity contribution is 7.49. The molecular formula is HO2PSi. The summed E-state index contributed by atoms with van der Waals surface area (Å²) in [5, 5.41) is 0. The molecule has 0 aromatic heterocycles. The Morgan fingerprint density at radius 2 is 2.00 bits per heavy atom. The summed E-state index contributed by atoms with van der Waals surface area (Å²) in [6.45, 7) is 0. The lowest BCUT2D eigenvalue weighted by Crippen LogP contribution is -1.80. The largest absolute Gasteiger partial charge is 0.617 e. The van der Waals surface area contributed by atoms with Crippen LogP contribution in [0.4, 0.5) is 0 Å². The molecule has 0 saturated carbocycles. The van der Waals surface area contributed by atoms with Crippen molar-refractivity contribution in [3.05, 3.63) is 0 Å². The minimum absolute atomic E-state index is 2.06. The number of hydrogen-bond donors (Lipinski definition) is 1. The van der Waals surface area contributed by atoms with Gasteiger partial charge in [0.15, 0.2) is 7.51 Å². The van der Waals surface area contributed by atoms with E-state index in [1.165, 1.54) is 0 Å². The van der Waals surface area contributed by atoms with Gasteiger partial charge in [0.2, 0.25) is 0 Å². The second-order valence-electron chi connectivity index (χ2n) is 0.273. The van der Waals surface area contributed by atoms with Gasteiger partial charge in [-0.2, -0.15) is 0 Å². The third kappa shape index (κ3) is 26.4. The molecule has 2 radical (unpaired) electrons. The van der Waals surface area contributed by atoms with E-state index in [1.807, 2.05) is 0 Å². The first-order valence-electron chi connectivity index (χ1n) is 0.606. The molecule has 0 aliphatic rings. The molecule has 0 saturated heterocycles. The van der Waals surface area contributed by atoms with Crippen molar-refractivity contribution in [2.75, 3.05) is 0 Å². The zero-order chi connectivity index (χ0) is 3.58. The van der Waals surface area contributed by atoms with Crippen molar-refractivity contribution in [3.63, 3.8) is 0 Å². The Labute approximate surface area is 27.8 Å². The van der Waals surface area contributed by atoms with E-state index in [1.54, 1.807) is 0 Å². The molecule has 0 aliphatic carbocycles. The van der Waals surface area contributed by atoms with Crippen LogP contribution in [0.25, 0.3) is 0 Å². The molecule has 0 amide bonds. The summed E-state index contributed by atoms with van der Waals surface area (Å²) in [7, 11) is 0.312. The Kier molecular flexibility index (Phi) is 1.92. The van der Waals surface area contributed by atoms with Gasteiger partial charge in [0.25, 0.3) is 0 Å². The van der Waals surface area contributed by atoms with Crippen molar-refractivity contribution in [2.45, 2.75) is 0 Å². The summed E-state index contributed by atoms with van der Waals surface area (Å²) in [6.07, 6.45) is 0. The van der Waals surface area contributed by atoms with Crippen LogP contribution in [0.5, 0.6) is 0 Å². The van der Waals surface area contributed by atoms with Crippen molar-refractivity contribution in [3.8, 4) is 0 Å². The van der Waals surface area contributed by atoms with Gasteiger partial charge in [0, 0.05) is 0 Å². The molecule has 0 rings (SSSR count). The highest BCUT2D eigenvalue weighted by atomic mass is 31.3. The third-order valence-electron chi connectivity index (χ3n) is 0. The zero-order valence-corrected chi connectivity index (χ0v) is 3.70. The molecule has 0 heterocycles. The van der Waals surface area contributed by atoms with Crippen molar-refractivity contribution >= 4 is 17.0 Å². The van der Waals surface area contributed by atoms with E-state index in [0.717, 1.165) is 0 Å². The van der Waals surface area contributed by atoms with E-state index >= 15 is 0 Å². The van der Waals surface area contributed by atoms with Gasteiger partial charge in [0.1, 0.15) is 0 Å². The highest BCUT2D eigenvalue weighted by Gasteiger charge is 1.59. The third-order valence-corrected chi connectivity index (χ3v) is 0. The van der Waals surface area contributed by atoms with Crippen molar-refractivity contribution in [2.24, 2.45) is 0 Å². The van der Waals surface area contributed by atoms with Crippen LogP contribution >= 0.6 is 7.51 Å². The Morgan fingerprint density at radius 1 is 2.00 bits per heavy atom. The van der Waals surface area contributed by atoms with E-state index < -0.39 is 7.51 Å². The first kappa shape index (κ1) is 4.44. The van der Waals surface area contributed by atoms with Crippen molar-refractivity contribution in [1.29, 1.82) is 0 Å². The average Bonchev–Trinajstić information content (AvgIpc) is 0.811. The maximum Gasteiger partial charge on any atom is 0.401 e. The molecule has 0 aromatic carbocycles. The summed E-state index contributed by atoms with van der Waals surface area (Å²) < 4.78 is 0. The first-order chi connectivity index (χ1) is 1.73. The first-order valence-corrected chi connectivity index (χ1v) is 3.16. The van der Waals surface area contributed by atoms with Crippen LogP contribution in [0.3, 0.4) is 0 Å². The fourth-order valence-electron chi connectivity index (χ4n) is 0. The molecule has 22 valence electrons. The van der Waals surface area contributed by atoms with Gasteiger partial charge in [-0.25, -0.2) is 4.89 Å². The molecule has 0 aromatic rings. The SMILES string of the molecule is [O-][P+](O)=[Si]. The fourth-order valence-corrected chi connectivity index (χ4v) is 0. The molecule has 0 aliphatic heterocycles. The van der Waals surface area contributed by atoms with E-state index in [2.05, 4.69) is 9.50 Å². The summed E-state index contributed by atoms with van der Waals surface area (Å²) in [6, 6.07) is 0. The summed E-state index contributed by atoms with van der Waals surface area (Å²) >= 11 is 0. The van der Waals surface area contributed by atoms with Gasteiger partial charge < -0.3 is 4.89 Å². The molecule has 0 spiro atoms. The van der Waals surface area contributed by atoms with Crippen molar-refractivity contribution in [1.82, 2.24) is 0 Å². The van der Waals surface area contributed by atoms with Gasteiger partial charge in [0.05, 0.1) is 0 Å². The monoisotopic (exact) mass is 91.9 g/mol. The molecule has 1 N–H and O–H groups in total. The van der Waals surface area contributed by atoms with E-state index in [-0.39, 0.29) is 0 Å². The molecule has 4 heavy (non-hydrogen) atoms.